The van der Waals surface area contributed by atoms with Gasteiger partial charge in [-0.15, -0.1) is 0 Å². The minimum atomic E-state index is -2.15. The maximum atomic E-state index is 15.1. The molecule has 1 atom stereocenters. The summed E-state index contributed by atoms with van der Waals surface area (Å²) in [5.41, 5.74) is -0.926. The molecule has 0 unspecified atom stereocenters. The SMILES string of the molecule is O=C1Nc2ccccc2[C@@]1(F)Cc1ccc([N+](=O)[O-])cc1. The van der Waals surface area contributed by atoms with Crippen molar-refractivity contribution in [1.29, 1.82) is 0 Å². The second-order valence-corrected chi connectivity index (χ2v) is 4.90. The molecule has 0 aliphatic carbocycles. The number of hydrogen-bond acceptors (Lipinski definition) is 3. The van der Waals surface area contributed by atoms with Gasteiger partial charge in [0.1, 0.15) is 0 Å². The lowest BCUT2D eigenvalue weighted by Crippen LogP contribution is -2.31. The summed E-state index contributed by atoms with van der Waals surface area (Å²) in [6.45, 7) is 0. The molecule has 0 aromatic heterocycles. The van der Waals surface area contributed by atoms with E-state index < -0.39 is 16.5 Å². The summed E-state index contributed by atoms with van der Waals surface area (Å²) >= 11 is 0. The fourth-order valence-electron chi connectivity index (χ4n) is 2.47. The Hall–Kier alpha value is -2.76. The summed E-state index contributed by atoms with van der Waals surface area (Å²) in [6, 6.07) is 12.1. The number of fused-ring (bicyclic) bond motifs is 1. The van der Waals surface area contributed by atoms with Crippen LogP contribution in [-0.2, 0) is 16.9 Å². The molecule has 2 aromatic carbocycles. The Balaban J connectivity index is 1.93. The minimum absolute atomic E-state index is 0.0667. The van der Waals surface area contributed by atoms with Crippen molar-refractivity contribution >= 4 is 17.3 Å². The second-order valence-electron chi connectivity index (χ2n) is 4.90. The fourth-order valence-corrected chi connectivity index (χ4v) is 2.47. The Morgan fingerprint density at radius 3 is 2.48 bits per heavy atom. The number of carbonyl (C=O) groups is 1. The molecule has 1 amide bonds. The molecule has 0 saturated heterocycles. The number of non-ortho nitro benzene ring substituents is 1. The molecule has 1 N–H and O–H groups in total. The Kier molecular flexibility index (Phi) is 2.94. The van der Waals surface area contributed by atoms with E-state index in [0.29, 0.717) is 16.8 Å². The fraction of sp³-hybridized carbons (Fsp3) is 0.133. The van der Waals surface area contributed by atoms with Gasteiger partial charge in [0.15, 0.2) is 0 Å². The highest BCUT2D eigenvalue weighted by Gasteiger charge is 2.47. The molecular formula is C15H11FN2O3. The van der Waals surface area contributed by atoms with Gasteiger partial charge in [-0.25, -0.2) is 4.39 Å². The van der Waals surface area contributed by atoms with Gasteiger partial charge in [0.05, 0.1) is 4.92 Å². The molecule has 0 bridgehead atoms. The summed E-state index contributed by atoms with van der Waals surface area (Å²) in [5, 5.41) is 13.1. The molecule has 0 spiro atoms. The van der Waals surface area contributed by atoms with Crippen molar-refractivity contribution in [1.82, 2.24) is 0 Å². The van der Waals surface area contributed by atoms with Crippen LogP contribution in [0.15, 0.2) is 48.5 Å². The second kappa shape index (κ2) is 4.66. The zero-order chi connectivity index (χ0) is 15.0. The molecule has 6 heteroatoms. The van der Waals surface area contributed by atoms with Crippen LogP contribution in [0.4, 0.5) is 15.8 Å². The number of hydrogen-bond donors (Lipinski definition) is 1. The van der Waals surface area contributed by atoms with Crippen LogP contribution in [0.3, 0.4) is 0 Å². The van der Waals surface area contributed by atoms with Gasteiger partial charge in [0.25, 0.3) is 11.6 Å². The summed E-state index contributed by atoms with van der Waals surface area (Å²) in [4.78, 5) is 22.0. The van der Waals surface area contributed by atoms with E-state index >= 15 is 4.39 Å². The maximum Gasteiger partial charge on any atom is 0.269 e. The third-order valence-electron chi connectivity index (χ3n) is 3.56. The monoisotopic (exact) mass is 286 g/mol. The number of amides is 1. The number of nitrogens with zero attached hydrogens (tertiary/aromatic N) is 1. The van der Waals surface area contributed by atoms with E-state index in [2.05, 4.69) is 5.32 Å². The zero-order valence-corrected chi connectivity index (χ0v) is 10.9. The van der Waals surface area contributed by atoms with E-state index in [0.717, 1.165) is 0 Å². The zero-order valence-electron chi connectivity index (χ0n) is 10.9. The maximum absolute atomic E-state index is 15.1. The van der Waals surface area contributed by atoms with Crippen molar-refractivity contribution in [2.75, 3.05) is 5.32 Å². The van der Waals surface area contributed by atoms with Crippen molar-refractivity contribution in [2.24, 2.45) is 0 Å². The number of rotatable bonds is 3. The molecule has 106 valence electrons. The predicted molar refractivity (Wildman–Crippen MR) is 74.7 cm³/mol. The number of halogens is 1. The normalized spacial score (nSPS) is 20.0. The van der Waals surface area contributed by atoms with Crippen molar-refractivity contribution in [2.45, 2.75) is 12.1 Å². The van der Waals surface area contributed by atoms with E-state index in [-0.39, 0.29) is 12.1 Å². The molecule has 5 nitrogen and oxygen atoms in total. The summed E-state index contributed by atoms with van der Waals surface area (Å²) in [5.74, 6) is -0.706. The highest BCUT2D eigenvalue weighted by Crippen LogP contribution is 2.41. The molecule has 3 rings (SSSR count). The first-order valence-corrected chi connectivity index (χ1v) is 6.34. The van der Waals surface area contributed by atoms with E-state index in [9.17, 15) is 14.9 Å². The van der Waals surface area contributed by atoms with E-state index in [1.807, 2.05) is 0 Å². The first-order chi connectivity index (χ1) is 10.0. The number of para-hydroxylation sites is 1. The lowest BCUT2D eigenvalue weighted by atomic mass is 9.90. The van der Waals surface area contributed by atoms with Crippen molar-refractivity contribution in [3.63, 3.8) is 0 Å². The van der Waals surface area contributed by atoms with Gasteiger partial charge in [-0.3, -0.25) is 14.9 Å². The summed E-state index contributed by atoms with van der Waals surface area (Å²) in [7, 11) is 0. The lowest BCUT2D eigenvalue weighted by molar-refractivity contribution is -0.384. The van der Waals surface area contributed by atoms with Gasteiger partial charge >= 0.3 is 0 Å². The van der Waals surface area contributed by atoms with E-state index in [1.54, 1.807) is 24.3 Å². The van der Waals surface area contributed by atoms with E-state index in [4.69, 9.17) is 0 Å². The number of nitro benzene ring substituents is 1. The quantitative estimate of drug-likeness (QED) is 0.696. The molecule has 1 heterocycles. The Morgan fingerprint density at radius 2 is 1.81 bits per heavy atom. The average Bonchev–Trinajstić information content (AvgIpc) is 2.71. The van der Waals surface area contributed by atoms with Crippen molar-refractivity contribution in [3.8, 4) is 0 Å². The minimum Gasteiger partial charge on any atom is -0.323 e. The first kappa shape index (κ1) is 13.2. The third-order valence-corrected chi connectivity index (χ3v) is 3.56. The topological polar surface area (TPSA) is 72.2 Å². The van der Waals surface area contributed by atoms with Crippen LogP contribution >= 0.6 is 0 Å². The summed E-state index contributed by atoms with van der Waals surface area (Å²) in [6.07, 6.45) is -0.159. The van der Waals surface area contributed by atoms with Crippen LogP contribution in [0.5, 0.6) is 0 Å². The Labute approximate surface area is 119 Å². The number of carbonyl (C=O) groups excluding carboxylic acids is 1. The van der Waals surface area contributed by atoms with Crippen LogP contribution in [0, 0.1) is 10.1 Å². The number of benzene rings is 2. The summed E-state index contributed by atoms with van der Waals surface area (Å²) < 4.78 is 15.1. The van der Waals surface area contributed by atoms with Crippen LogP contribution in [-0.4, -0.2) is 10.8 Å². The van der Waals surface area contributed by atoms with Gasteiger partial charge < -0.3 is 5.32 Å². The largest absolute Gasteiger partial charge is 0.323 e. The Morgan fingerprint density at radius 1 is 1.14 bits per heavy atom. The van der Waals surface area contributed by atoms with E-state index in [1.165, 1.54) is 24.3 Å². The van der Waals surface area contributed by atoms with Gasteiger partial charge in [0.2, 0.25) is 5.67 Å². The first-order valence-electron chi connectivity index (χ1n) is 6.34. The molecule has 0 fully saturated rings. The van der Waals surface area contributed by atoms with Crippen LogP contribution in [0.1, 0.15) is 11.1 Å². The Bertz CT molecular complexity index is 730. The number of nitro groups is 1. The van der Waals surface area contributed by atoms with Crippen LogP contribution < -0.4 is 5.32 Å². The predicted octanol–water partition coefficient (Wildman–Crippen LogP) is 2.95. The third kappa shape index (κ3) is 2.14. The van der Waals surface area contributed by atoms with Gasteiger partial charge in [-0.2, -0.15) is 0 Å². The number of alkyl halides is 1. The smallest absolute Gasteiger partial charge is 0.269 e. The van der Waals surface area contributed by atoms with Crippen LogP contribution in [0.2, 0.25) is 0 Å². The molecule has 1 aliphatic heterocycles. The average molecular weight is 286 g/mol. The highest BCUT2D eigenvalue weighted by molar-refractivity contribution is 6.05. The molecule has 1 aliphatic rings. The van der Waals surface area contributed by atoms with Crippen LogP contribution in [0.25, 0.3) is 0 Å². The number of anilines is 1. The van der Waals surface area contributed by atoms with Crippen molar-refractivity contribution < 1.29 is 14.1 Å². The van der Waals surface area contributed by atoms with Gasteiger partial charge in [-0.05, 0) is 11.6 Å². The van der Waals surface area contributed by atoms with Crippen molar-refractivity contribution in [3.05, 3.63) is 69.8 Å². The standard InChI is InChI=1S/C15H11FN2O3/c16-15(9-10-5-7-11(8-6-10)18(20)21)12-3-1-2-4-13(12)17-14(15)19/h1-8H,9H2,(H,17,19)/t15-/m0/s1. The molecule has 0 saturated carbocycles. The molecule has 0 radical (unpaired) electrons. The molecule has 2 aromatic rings. The molecule has 21 heavy (non-hydrogen) atoms. The highest BCUT2D eigenvalue weighted by atomic mass is 19.1. The molecular weight excluding hydrogens is 275 g/mol. The van der Waals surface area contributed by atoms with Gasteiger partial charge in [0, 0.05) is 29.8 Å². The lowest BCUT2D eigenvalue weighted by Gasteiger charge is -2.17. The van der Waals surface area contributed by atoms with Gasteiger partial charge in [-0.1, -0.05) is 30.3 Å². The number of nitrogens with one attached hydrogen (secondary N) is 1.